The highest BCUT2D eigenvalue weighted by Crippen LogP contribution is 2.27. The van der Waals surface area contributed by atoms with Gasteiger partial charge in [-0.1, -0.05) is 6.07 Å². The highest BCUT2D eigenvalue weighted by molar-refractivity contribution is 5.79. The number of nitrogens with one attached hydrogen (secondary N) is 3. The van der Waals surface area contributed by atoms with E-state index in [1.807, 2.05) is 6.20 Å². The van der Waals surface area contributed by atoms with Gasteiger partial charge >= 0.3 is 0 Å². The molecule has 6 heteroatoms. The number of hydrogen-bond acceptors (Lipinski definition) is 4. The van der Waals surface area contributed by atoms with Crippen LogP contribution in [0.15, 0.2) is 54.7 Å². The predicted octanol–water partition coefficient (Wildman–Crippen LogP) is 3.98. The Morgan fingerprint density at radius 1 is 1.07 bits per heavy atom. The molecule has 0 aliphatic carbocycles. The van der Waals surface area contributed by atoms with Gasteiger partial charge in [0, 0.05) is 36.4 Å². The molecular weight excluding hydrogens is 379 g/mol. The molecule has 5 rings (SSSR count). The van der Waals surface area contributed by atoms with Gasteiger partial charge in [-0.15, -0.1) is 0 Å². The van der Waals surface area contributed by atoms with Gasteiger partial charge in [0.15, 0.2) is 0 Å². The number of halogens is 1. The maximum absolute atomic E-state index is 13.0. The molecule has 3 atom stereocenters. The lowest BCUT2D eigenvalue weighted by Gasteiger charge is -2.29. The summed E-state index contributed by atoms with van der Waals surface area (Å²) in [6, 6.07) is 16.5. The van der Waals surface area contributed by atoms with E-state index in [-0.39, 0.29) is 5.82 Å². The number of rotatable bonds is 7. The summed E-state index contributed by atoms with van der Waals surface area (Å²) < 4.78 is 18.8. The van der Waals surface area contributed by atoms with Gasteiger partial charge in [0.25, 0.3) is 0 Å². The molecule has 3 N–H and O–H groups in total. The third-order valence-corrected chi connectivity index (χ3v) is 6.44. The van der Waals surface area contributed by atoms with Gasteiger partial charge in [-0.25, -0.2) is 4.39 Å². The van der Waals surface area contributed by atoms with E-state index in [1.165, 1.54) is 41.4 Å². The summed E-state index contributed by atoms with van der Waals surface area (Å²) >= 11 is 0. The first-order valence-electron chi connectivity index (χ1n) is 10.9. The number of fused-ring (bicyclic) bond motifs is 1. The Balaban J connectivity index is 1.13. The molecule has 3 aromatic rings. The van der Waals surface area contributed by atoms with E-state index in [2.05, 4.69) is 45.0 Å². The molecule has 2 aromatic carbocycles. The van der Waals surface area contributed by atoms with Crippen molar-refractivity contribution < 1.29 is 9.13 Å². The van der Waals surface area contributed by atoms with Crippen molar-refractivity contribution in [2.24, 2.45) is 0 Å². The lowest BCUT2D eigenvalue weighted by molar-refractivity contribution is 0.203. The lowest BCUT2D eigenvalue weighted by atomic mass is 9.99. The Morgan fingerprint density at radius 3 is 2.87 bits per heavy atom. The summed E-state index contributed by atoms with van der Waals surface area (Å²) in [7, 11) is 0. The van der Waals surface area contributed by atoms with Crippen LogP contribution in [0.1, 0.15) is 31.2 Å². The van der Waals surface area contributed by atoms with Crippen molar-refractivity contribution in [3.8, 4) is 5.75 Å². The van der Waals surface area contributed by atoms with E-state index in [0.29, 0.717) is 24.7 Å². The van der Waals surface area contributed by atoms with E-state index >= 15 is 0 Å². The van der Waals surface area contributed by atoms with E-state index in [1.54, 1.807) is 12.1 Å². The van der Waals surface area contributed by atoms with Gasteiger partial charge in [0.2, 0.25) is 0 Å². The number of aromatic amines is 1. The molecule has 30 heavy (non-hydrogen) atoms. The van der Waals surface area contributed by atoms with Crippen molar-refractivity contribution in [1.82, 2.24) is 20.7 Å². The first-order valence-corrected chi connectivity index (χ1v) is 10.9. The molecule has 3 unspecified atom stereocenters. The van der Waals surface area contributed by atoms with E-state index in [9.17, 15) is 4.39 Å². The van der Waals surface area contributed by atoms with Crippen LogP contribution in [-0.4, -0.2) is 41.2 Å². The third-order valence-electron chi connectivity index (χ3n) is 6.44. The average Bonchev–Trinajstić information content (AvgIpc) is 3.50. The van der Waals surface area contributed by atoms with Gasteiger partial charge in [0.05, 0.1) is 6.61 Å². The van der Waals surface area contributed by atoms with Crippen LogP contribution in [0.25, 0.3) is 10.9 Å². The number of nitrogens with zero attached hydrogens (tertiary/aromatic N) is 1. The fourth-order valence-electron chi connectivity index (χ4n) is 4.88. The molecule has 0 radical (unpaired) electrons. The molecule has 2 fully saturated rings. The number of aromatic nitrogens is 1. The maximum atomic E-state index is 13.0. The number of H-pyrrole nitrogens is 1. The van der Waals surface area contributed by atoms with Crippen molar-refractivity contribution in [1.29, 1.82) is 0 Å². The van der Waals surface area contributed by atoms with Crippen LogP contribution in [0.3, 0.4) is 0 Å². The van der Waals surface area contributed by atoms with Crippen LogP contribution < -0.4 is 15.6 Å². The molecule has 1 aromatic heterocycles. The van der Waals surface area contributed by atoms with Crippen LogP contribution in [0.5, 0.6) is 5.75 Å². The molecule has 0 spiro atoms. The predicted molar refractivity (Wildman–Crippen MR) is 117 cm³/mol. The Bertz CT molecular complexity index is 973. The number of hydrazine groups is 1. The van der Waals surface area contributed by atoms with E-state index in [0.717, 1.165) is 31.7 Å². The second-order valence-corrected chi connectivity index (χ2v) is 8.50. The second kappa shape index (κ2) is 8.76. The molecule has 0 bridgehead atoms. The van der Waals surface area contributed by atoms with Gasteiger partial charge in [0.1, 0.15) is 11.6 Å². The van der Waals surface area contributed by atoms with Gasteiger partial charge in [-0.3, -0.25) is 15.8 Å². The highest BCUT2D eigenvalue weighted by Gasteiger charge is 2.36. The Kier molecular flexibility index (Phi) is 5.71. The van der Waals surface area contributed by atoms with Crippen LogP contribution in [0.4, 0.5) is 4.39 Å². The number of likely N-dealkylation sites (tertiary alicyclic amines) is 1. The fraction of sp³-hybridized carbons (Fsp3) is 0.417. The minimum Gasteiger partial charge on any atom is -0.494 e. The molecular formula is C24H29FN4O. The van der Waals surface area contributed by atoms with Crippen molar-refractivity contribution in [3.05, 3.63) is 66.1 Å². The van der Waals surface area contributed by atoms with Crippen molar-refractivity contribution >= 4 is 10.9 Å². The Morgan fingerprint density at radius 2 is 1.97 bits per heavy atom. The van der Waals surface area contributed by atoms with E-state index < -0.39 is 0 Å². The summed E-state index contributed by atoms with van der Waals surface area (Å²) in [5.74, 6) is 0.487. The zero-order chi connectivity index (χ0) is 20.3. The van der Waals surface area contributed by atoms with E-state index in [4.69, 9.17) is 4.74 Å². The lowest BCUT2D eigenvalue weighted by Crippen LogP contribution is -2.45. The average molecular weight is 409 g/mol. The van der Waals surface area contributed by atoms with Crippen molar-refractivity contribution in [3.63, 3.8) is 0 Å². The molecule has 2 aliphatic rings. The SMILES string of the molecule is Fc1ccc(OCCC2CC(C3CCCN3Cc3ccc4[nH]ccc4c3)NN2)cc1. The molecule has 0 saturated carbocycles. The summed E-state index contributed by atoms with van der Waals surface area (Å²) in [6.45, 7) is 2.79. The minimum absolute atomic E-state index is 0.235. The molecule has 2 aliphatic heterocycles. The Hall–Kier alpha value is -2.41. The Labute approximate surface area is 176 Å². The van der Waals surface area contributed by atoms with Crippen LogP contribution in [0.2, 0.25) is 0 Å². The zero-order valence-electron chi connectivity index (χ0n) is 17.1. The largest absolute Gasteiger partial charge is 0.494 e. The fourth-order valence-corrected chi connectivity index (χ4v) is 4.88. The quantitative estimate of drug-likeness (QED) is 0.554. The normalized spacial score (nSPS) is 24.6. The van der Waals surface area contributed by atoms with Crippen LogP contribution in [0, 0.1) is 5.82 Å². The van der Waals surface area contributed by atoms with Crippen LogP contribution >= 0.6 is 0 Å². The number of benzene rings is 2. The van der Waals surface area contributed by atoms with Gasteiger partial charge < -0.3 is 9.72 Å². The maximum Gasteiger partial charge on any atom is 0.123 e. The smallest absolute Gasteiger partial charge is 0.123 e. The first kappa shape index (κ1) is 19.5. The van der Waals surface area contributed by atoms with Gasteiger partial charge in [-0.2, -0.15) is 0 Å². The number of ether oxygens (including phenoxy) is 1. The van der Waals surface area contributed by atoms with Crippen molar-refractivity contribution in [2.75, 3.05) is 13.2 Å². The monoisotopic (exact) mass is 408 g/mol. The van der Waals surface area contributed by atoms with Gasteiger partial charge in [-0.05, 0) is 85.6 Å². The zero-order valence-corrected chi connectivity index (χ0v) is 17.1. The summed E-state index contributed by atoms with van der Waals surface area (Å²) in [6.07, 6.45) is 6.53. The molecule has 0 amide bonds. The molecule has 5 nitrogen and oxygen atoms in total. The molecule has 3 heterocycles. The molecule has 2 saturated heterocycles. The first-order chi connectivity index (χ1) is 14.7. The minimum atomic E-state index is -0.235. The summed E-state index contributed by atoms with van der Waals surface area (Å²) in [5.41, 5.74) is 9.58. The standard InChI is InChI=1S/C24H29FN4O/c25-19-4-6-21(7-5-19)30-13-10-20-15-23(28-27-20)24-2-1-12-29(24)16-17-3-8-22-18(14-17)9-11-26-22/h3-9,11,14,20,23-24,26-28H,1-2,10,12-13,15-16H2. The van der Waals surface area contributed by atoms with Crippen LogP contribution in [-0.2, 0) is 6.54 Å². The second-order valence-electron chi connectivity index (χ2n) is 8.50. The topological polar surface area (TPSA) is 52.3 Å². The number of hydrogen-bond donors (Lipinski definition) is 3. The third kappa shape index (κ3) is 4.36. The highest BCUT2D eigenvalue weighted by atomic mass is 19.1. The summed E-state index contributed by atoms with van der Waals surface area (Å²) in [4.78, 5) is 5.90. The van der Waals surface area contributed by atoms with Crippen molar-refractivity contribution in [2.45, 2.75) is 50.4 Å². The summed E-state index contributed by atoms with van der Waals surface area (Å²) in [5, 5.41) is 1.28. The molecule has 158 valence electrons.